The van der Waals surface area contributed by atoms with E-state index in [1.807, 2.05) is 0 Å². The molecule has 0 aliphatic heterocycles. The van der Waals surface area contributed by atoms with Crippen molar-refractivity contribution in [3.05, 3.63) is 80.6 Å². The van der Waals surface area contributed by atoms with Crippen LogP contribution in [0.2, 0.25) is 5.02 Å². The third-order valence-electron chi connectivity index (χ3n) is 3.79. The fourth-order valence-corrected chi connectivity index (χ4v) is 2.67. The lowest BCUT2D eigenvalue weighted by Gasteiger charge is -2.08. The molecule has 148 valence electrons. The molecule has 0 aliphatic carbocycles. The van der Waals surface area contributed by atoms with Crippen molar-refractivity contribution in [2.45, 2.75) is 6.54 Å². The van der Waals surface area contributed by atoms with Crippen molar-refractivity contribution in [1.82, 2.24) is 20.2 Å². The zero-order chi connectivity index (χ0) is 20.8. The van der Waals surface area contributed by atoms with Gasteiger partial charge in [-0.05, 0) is 46.9 Å². The monoisotopic (exact) mass is 414 g/mol. The zero-order valence-corrected chi connectivity index (χ0v) is 15.9. The number of nitro groups is 1. The van der Waals surface area contributed by atoms with E-state index in [2.05, 4.69) is 20.6 Å². The second kappa shape index (κ2) is 8.93. The summed E-state index contributed by atoms with van der Waals surface area (Å²) in [5.74, 6) is -0.305. The fraction of sp³-hybridized carbons (Fsp3) is 0.111. The number of methoxy groups -OCH3 is 1. The van der Waals surface area contributed by atoms with Crippen molar-refractivity contribution in [3.63, 3.8) is 0 Å². The van der Waals surface area contributed by atoms with Crippen LogP contribution in [0.25, 0.3) is 0 Å². The molecule has 0 saturated carbocycles. The minimum absolute atomic E-state index is 0.209. The first kappa shape index (κ1) is 20.0. The van der Waals surface area contributed by atoms with Gasteiger partial charge in [-0.3, -0.25) is 4.79 Å². The lowest BCUT2D eigenvalue weighted by molar-refractivity contribution is -0.394. The predicted molar refractivity (Wildman–Crippen MR) is 105 cm³/mol. The smallest absolute Gasteiger partial charge is 0.490 e. The summed E-state index contributed by atoms with van der Waals surface area (Å²) < 4.78 is 6.65. The van der Waals surface area contributed by atoms with Crippen molar-refractivity contribution in [3.8, 4) is 5.75 Å². The lowest BCUT2D eigenvalue weighted by atomic mass is 10.1. The molecule has 2 aromatic carbocycles. The van der Waals surface area contributed by atoms with Crippen LogP contribution in [0.15, 0.2) is 53.9 Å². The van der Waals surface area contributed by atoms with Gasteiger partial charge in [0.1, 0.15) is 5.75 Å². The largest absolute Gasteiger partial charge is 0.496 e. The minimum atomic E-state index is -0.667. The Morgan fingerprint density at radius 1 is 1.38 bits per heavy atom. The summed E-state index contributed by atoms with van der Waals surface area (Å²) >= 11 is 5.87. The molecule has 3 rings (SSSR count). The number of nitrogens with zero attached hydrogens (tertiary/aromatic N) is 5. The number of hydrogen-bond donors (Lipinski definition) is 1. The van der Waals surface area contributed by atoms with Crippen LogP contribution in [0.3, 0.4) is 0 Å². The van der Waals surface area contributed by atoms with Gasteiger partial charge in [0.15, 0.2) is 0 Å². The van der Waals surface area contributed by atoms with E-state index in [9.17, 15) is 14.9 Å². The highest BCUT2D eigenvalue weighted by atomic mass is 35.5. The maximum Gasteiger partial charge on any atom is 0.490 e. The third kappa shape index (κ3) is 5.14. The quantitative estimate of drug-likeness (QED) is 0.360. The van der Waals surface area contributed by atoms with Gasteiger partial charge in [-0.15, -0.1) is 0 Å². The molecule has 0 bridgehead atoms. The second-order valence-electron chi connectivity index (χ2n) is 5.78. The van der Waals surface area contributed by atoms with Crippen LogP contribution in [0.5, 0.6) is 5.75 Å². The predicted octanol–water partition coefficient (Wildman–Crippen LogP) is 2.66. The number of hydrazone groups is 1. The van der Waals surface area contributed by atoms with Crippen molar-refractivity contribution in [1.29, 1.82) is 0 Å². The molecular weight excluding hydrogens is 400 g/mol. The lowest BCUT2D eigenvalue weighted by Crippen LogP contribution is -2.17. The van der Waals surface area contributed by atoms with Crippen LogP contribution in [0.4, 0.5) is 5.95 Å². The topological polar surface area (TPSA) is 125 Å². The van der Waals surface area contributed by atoms with Crippen LogP contribution in [-0.4, -0.2) is 38.9 Å². The minimum Gasteiger partial charge on any atom is -0.496 e. The molecular formula is C18H15ClN6O4. The van der Waals surface area contributed by atoms with Gasteiger partial charge in [0, 0.05) is 21.2 Å². The Bertz CT molecular complexity index is 1080. The molecule has 1 heterocycles. The highest BCUT2D eigenvalue weighted by Gasteiger charge is 2.15. The Hall–Kier alpha value is -3.79. The molecule has 1 amide bonds. The Labute approximate surface area is 169 Å². The summed E-state index contributed by atoms with van der Waals surface area (Å²) in [5, 5.41) is 18.9. The Morgan fingerprint density at radius 3 is 2.90 bits per heavy atom. The normalized spacial score (nSPS) is 10.8. The summed E-state index contributed by atoms with van der Waals surface area (Å²) in [6.45, 7) is 0.209. The van der Waals surface area contributed by atoms with E-state index in [4.69, 9.17) is 16.3 Å². The molecule has 0 unspecified atom stereocenters. The molecule has 0 atom stereocenters. The Morgan fingerprint density at radius 2 is 2.21 bits per heavy atom. The first-order valence-corrected chi connectivity index (χ1v) is 8.64. The fourth-order valence-electron chi connectivity index (χ4n) is 2.48. The number of aromatic nitrogens is 3. The number of carbonyl (C=O) groups excluding carboxylic acids is 1. The molecule has 0 aliphatic rings. The van der Waals surface area contributed by atoms with E-state index in [0.29, 0.717) is 27.5 Å². The van der Waals surface area contributed by atoms with Crippen LogP contribution < -0.4 is 10.2 Å². The number of hydrogen-bond acceptors (Lipinski definition) is 7. The summed E-state index contributed by atoms with van der Waals surface area (Å²) in [6.07, 6.45) is 2.73. The maximum atomic E-state index is 12.1. The van der Waals surface area contributed by atoms with Gasteiger partial charge in [0.2, 0.25) is 6.33 Å². The molecule has 0 spiro atoms. The number of nitrogens with one attached hydrogen (secondary N) is 1. The van der Waals surface area contributed by atoms with E-state index in [-0.39, 0.29) is 6.54 Å². The van der Waals surface area contributed by atoms with Crippen molar-refractivity contribution < 1.29 is 14.5 Å². The van der Waals surface area contributed by atoms with Crippen molar-refractivity contribution >= 4 is 29.7 Å². The van der Waals surface area contributed by atoms with Gasteiger partial charge in [0.25, 0.3) is 5.91 Å². The Balaban J connectivity index is 1.72. The Kier molecular flexibility index (Phi) is 6.15. The average molecular weight is 415 g/mol. The molecule has 1 aromatic heterocycles. The number of benzene rings is 2. The van der Waals surface area contributed by atoms with Gasteiger partial charge in [0.05, 0.1) is 19.9 Å². The molecule has 3 aromatic rings. The van der Waals surface area contributed by atoms with Gasteiger partial charge in [-0.1, -0.05) is 22.7 Å². The molecule has 0 saturated heterocycles. The molecule has 0 fully saturated rings. The molecule has 1 N–H and O–H groups in total. The first-order valence-electron chi connectivity index (χ1n) is 8.26. The SMILES string of the molecule is COc1ccc(/C=N/NC(=O)c2cccc(Cl)c2)cc1Cn1cnc([N+](=O)[O-])n1. The van der Waals surface area contributed by atoms with E-state index < -0.39 is 16.8 Å². The standard InChI is InChI=1S/C18H15ClN6O4/c1-29-16-6-5-12(7-14(16)10-24-11-20-18(23-24)25(27)28)9-21-22-17(26)13-3-2-4-15(19)8-13/h2-9,11H,10H2,1H3,(H,22,26)/b21-9+. The van der Waals surface area contributed by atoms with E-state index in [0.717, 1.165) is 0 Å². The van der Waals surface area contributed by atoms with E-state index in [1.165, 1.54) is 30.4 Å². The van der Waals surface area contributed by atoms with Gasteiger partial charge < -0.3 is 14.9 Å². The number of carbonyl (C=O) groups is 1. The summed E-state index contributed by atoms with van der Waals surface area (Å²) in [7, 11) is 1.52. The number of ether oxygens (including phenoxy) is 1. The summed E-state index contributed by atoms with van der Waals surface area (Å²) in [5.41, 5.74) is 4.20. The number of halogens is 1. The second-order valence-corrected chi connectivity index (χ2v) is 6.22. The average Bonchev–Trinajstić information content (AvgIpc) is 3.17. The van der Waals surface area contributed by atoms with Gasteiger partial charge in [-0.2, -0.15) is 9.78 Å². The van der Waals surface area contributed by atoms with Crippen LogP contribution in [0.1, 0.15) is 21.5 Å². The highest BCUT2D eigenvalue weighted by Crippen LogP contribution is 2.20. The first-order chi connectivity index (χ1) is 14.0. The summed E-state index contributed by atoms with van der Waals surface area (Å²) in [6, 6.07) is 11.7. The third-order valence-corrected chi connectivity index (χ3v) is 4.03. The van der Waals surface area contributed by atoms with E-state index in [1.54, 1.807) is 36.4 Å². The molecule has 11 heteroatoms. The number of amides is 1. The highest BCUT2D eigenvalue weighted by molar-refractivity contribution is 6.30. The van der Waals surface area contributed by atoms with Crippen LogP contribution in [-0.2, 0) is 6.54 Å². The van der Waals surface area contributed by atoms with Gasteiger partial charge >= 0.3 is 5.95 Å². The molecule has 0 radical (unpaired) electrons. The van der Waals surface area contributed by atoms with Crippen molar-refractivity contribution in [2.24, 2.45) is 5.10 Å². The zero-order valence-electron chi connectivity index (χ0n) is 15.2. The number of rotatable bonds is 7. The van der Waals surface area contributed by atoms with Crippen LogP contribution >= 0.6 is 11.6 Å². The maximum absolute atomic E-state index is 12.1. The molecule has 29 heavy (non-hydrogen) atoms. The van der Waals surface area contributed by atoms with Crippen molar-refractivity contribution in [2.75, 3.05) is 7.11 Å². The van der Waals surface area contributed by atoms with Crippen LogP contribution in [0, 0.1) is 10.1 Å². The molecule has 10 nitrogen and oxygen atoms in total. The van der Waals surface area contributed by atoms with Gasteiger partial charge in [-0.25, -0.2) is 5.43 Å². The van der Waals surface area contributed by atoms with E-state index >= 15 is 0 Å². The summed E-state index contributed by atoms with van der Waals surface area (Å²) in [4.78, 5) is 25.8.